The Morgan fingerprint density at radius 2 is 1.85 bits per heavy atom. The molecule has 138 valence electrons. The van der Waals surface area contributed by atoms with Gasteiger partial charge in [-0.1, -0.05) is 0 Å². The van der Waals surface area contributed by atoms with E-state index in [2.05, 4.69) is 20.0 Å². The minimum absolute atomic E-state index is 0.497. The second kappa shape index (κ2) is 7.34. The summed E-state index contributed by atoms with van der Waals surface area (Å²) in [4.78, 5) is 9.52. The first-order valence-corrected chi connectivity index (χ1v) is 10.3. The Morgan fingerprint density at radius 3 is 2.54 bits per heavy atom. The number of fused-ring (bicyclic) bond motifs is 1. The van der Waals surface area contributed by atoms with Gasteiger partial charge < -0.3 is 14.8 Å². The van der Waals surface area contributed by atoms with Crippen LogP contribution in [0.15, 0.2) is 30.6 Å². The van der Waals surface area contributed by atoms with Crippen molar-refractivity contribution in [2.24, 2.45) is 0 Å². The number of hydrogen-bond donors (Lipinski definition) is 2. The van der Waals surface area contributed by atoms with E-state index in [1.807, 2.05) is 12.1 Å². The van der Waals surface area contributed by atoms with Crippen molar-refractivity contribution in [3.8, 4) is 11.5 Å². The molecule has 1 aromatic carbocycles. The molecule has 0 unspecified atom stereocenters. The molecule has 0 spiro atoms. The third-order valence-corrected chi connectivity index (χ3v) is 5.24. The average Bonchev–Trinajstić information content (AvgIpc) is 3.03. The third-order valence-electron chi connectivity index (χ3n) is 3.52. The first-order chi connectivity index (χ1) is 12.4. The maximum atomic E-state index is 11.3. The molecular formula is C16H18N4O4S2. The van der Waals surface area contributed by atoms with Gasteiger partial charge in [0.2, 0.25) is 10.0 Å². The topological polar surface area (TPSA) is 102 Å². The first-order valence-electron chi connectivity index (χ1n) is 7.56. The van der Waals surface area contributed by atoms with E-state index in [1.165, 1.54) is 17.7 Å². The van der Waals surface area contributed by atoms with Crippen molar-refractivity contribution in [1.29, 1.82) is 0 Å². The zero-order valence-electron chi connectivity index (χ0n) is 14.4. The number of nitrogens with zero attached hydrogens (tertiary/aromatic N) is 2. The molecule has 0 saturated carbocycles. The van der Waals surface area contributed by atoms with E-state index >= 15 is 0 Å². The molecule has 2 aromatic heterocycles. The molecule has 0 atom stereocenters. The van der Waals surface area contributed by atoms with Gasteiger partial charge in [-0.25, -0.2) is 18.4 Å². The van der Waals surface area contributed by atoms with Crippen molar-refractivity contribution in [3.05, 3.63) is 35.5 Å². The number of hydrogen-bond acceptors (Lipinski definition) is 8. The molecule has 3 rings (SSSR count). The van der Waals surface area contributed by atoms with Gasteiger partial charge in [0.05, 0.1) is 32.5 Å². The van der Waals surface area contributed by atoms with Crippen molar-refractivity contribution in [2.75, 3.05) is 30.5 Å². The van der Waals surface area contributed by atoms with E-state index < -0.39 is 10.0 Å². The second-order valence-corrected chi connectivity index (χ2v) is 8.36. The number of sulfonamides is 1. The van der Waals surface area contributed by atoms with E-state index in [0.29, 0.717) is 28.9 Å². The molecule has 10 heteroatoms. The quantitative estimate of drug-likeness (QED) is 0.635. The standard InChI is InChI=1S/C16H18N4O4S2/c1-23-13-6-11-12(7-14(13)24-2)18-9-19-16(11)17-8-10-4-5-15(25-10)20-26(3,21)22/h4-7,9,20H,8H2,1-3H3,(H,17,18,19). The maximum absolute atomic E-state index is 11.3. The Kier molecular flexibility index (Phi) is 5.14. The van der Waals surface area contributed by atoms with Crippen molar-refractivity contribution in [2.45, 2.75) is 6.54 Å². The molecule has 2 heterocycles. The number of aromatic nitrogens is 2. The summed E-state index contributed by atoms with van der Waals surface area (Å²) in [5.41, 5.74) is 0.728. The largest absolute Gasteiger partial charge is 0.493 e. The van der Waals surface area contributed by atoms with E-state index in [-0.39, 0.29) is 0 Å². The minimum atomic E-state index is -3.28. The zero-order valence-corrected chi connectivity index (χ0v) is 16.1. The van der Waals surface area contributed by atoms with Crippen LogP contribution in [0.4, 0.5) is 10.8 Å². The molecule has 0 aliphatic heterocycles. The SMILES string of the molecule is COc1cc2ncnc(NCc3ccc(NS(C)(=O)=O)s3)c2cc1OC. The fourth-order valence-electron chi connectivity index (χ4n) is 2.41. The molecule has 8 nitrogen and oxygen atoms in total. The number of benzene rings is 1. The molecule has 0 bridgehead atoms. The molecule has 0 aliphatic rings. The fraction of sp³-hybridized carbons (Fsp3) is 0.250. The molecule has 0 saturated heterocycles. The molecule has 0 aliphatic carbocycles. The Labute approximate surface area is 155 Å². The summed E-state index contributed by atoms with van der Waals surface area (Å²) in [5, 5.41) is 4.63. The summed E-state index contributed by atoms with van der Waals surface area (Å²) < 4.78 is 35.7. The fourth-order valence-corrected chi connectivity index (χ4v) is 4.16. The lowest BCUT2D eigenvalue weighted by Crippen LogP contribution is -2.07. The predicted octanol–water partition coefficient (Wildman–Crippen LogP) is 2.69. The van der Waals surface area contributed by atoms with Crippen LogP contribution in [0.2, 0.25) is 0 Å². The van der Waals surface area contributed by atoms with Crippen LogP contribution in [-0.2, 0) is 16.6 Å². The molecule has 2 N–H and O–H groups in total. The third kappa shape index (κ3) is 4.14. The Balaban J connectivity index is 1.83. The number of methoxy groups -OCH3 is 2. The van der Waals surface area contributed by atoms with Crippen LogP contribution in [0.3, 0.4) is 0 Å². The van der Waals surface area contributed by atoms with Gasteiger partial charge in [0, 0.05) is 16.3 Å². The first kappa shape index (κ1) is 18.2. The zero-order chi connectivity index (χ0) is 18.7. The van der Waals surface area contributed by atoms with Crippen LogP contribution in [0.25, 0.3) is 10.9 Å². The highest BCUT2D eigenvalue weighted by Crippen LogP contribution is 2.34. The van der Waals surface area contributed by atoms with Crippen molar-refractivity contribution in [1.82, 2.24) is 9.97 Å². The number of nitrogens with one attached hydrogen (secondary N) is 2. The highest BCUT2D eigenvalue weighted by molar-refractivity contribution is 7.92. The lowest BCUT2D eigenvalue weighted by atomic mass is 10.2. The summed E-state index contributed by atoms with van der Waals surface area (Å²) >= 11 is 1.36. The normalized spacial score (nSPS) is 11.3. The number of rotatable bonds is 7. The van der Waals surface area contributed by atoms with Crippen LogP contribution in [0.5, 0.6) is 11.5 Å². The van der Waals surface area contributed by atoms with Gasteiger partial charge in [-0.3, -0.25) is 4.72 Å². The Morgan fingerprint density at radius 1 is 1.12 bits per heavy atom. The molecule has 26 heavy (non-hydrogen) atoms. The summed E-state index contributed by atoms with van der Waals surface area (Å²) in [6, 6.07) is 7.20. The Hall–Kier alpha value is -2.59. The van der Waals surface area contributed by atoms with E-state index in [1.54, 1.807) is 26.4 Å². The molecule has 0 amide bonds. The second-order valence-electron chi connectivity index (χ2n) is 5.44. The molecule has 3 aromatic rings. The van der Waals surface area contributed by atoms with E-state index in [0.717, 1.165) is 22.0 Å². The van der Waals surface area contributed by atoms with Crippen molar-refractivity contribution < 1.29 is 17.9 Å². The summed E-state index contributed by atoms with van der Waals surface area (Å²) in [6.07, 6.45) is 2.60. The number of ether oxygens (including phenoxy) is 2. The van der Waals surface area contributed by atoms with Gasteiger partial charge in [-0.2, -0.15) is 0 Å². The van der Waals surface area contributed by atoms with Gasteiger partial charge in [0.25, 0.3) is 0 Å². The lowest BCUT2D eigenvalue weighted by molar-refractivity contribution is 0.356. The molecular weight excluding hydrogens is 376 g/mol. The summed E-state index contributed by atoms with van der Waals surface area (Å²) in [7, 11) is -0.136. The van der Waals surface area contributed by atoms with E-state index in [4.69, 9.17) is 9.47 Å². The van der Waals surface area contributed by atoms with Gasteiger partial charge in [-0.05, 0) is 18.2 Å². The van der Waals surface area contributed by atoms with Gasteiger partial charge in [0.15, 0.2) is 11.5 Å². The van der Waals surface area contributed by atoms with Gasteiger partial charge in [-0.15, -0.1) is 11.3 Å². The Bertz CT molecular complexity index is 1030. The lowest BCUT2D eigenvalue weighted by Gasteiger charge is -2.11. The number of thiophene rings is 1. The van der Waals surface area contributed by atoms with Crippen LogP contribution in [-0.4, -0.2) is 38.9 Å². The minimum Gasteiger partial charge on any atom is -0.493 e. The van der Waals surface area contributed by atoms with Crippen LogP contribution in [0, 0.1) is 0 Å². The molecule has 0 fully saturated rings. The van der Waals surface area contributed by atoms with E-state index in [9.17, 15) is 8.42 Å². The van der Waals surface area contributed by atoms with Crippen LogP contribution < -0.4 is 19.5 Å². The highest BCUT2D eigenvalue weighted by atomic mass is 32.2. The van der Waals surface area contributed by atoms with Crippen LogP contribution >= 0.6 is 11.3 Å². The molecule has 0 radical (unpaired) electrons. The maximum Gasteiger partial charge on any atom is 0.230 e. The average molecular weight is 394 g/mol. The van der Waals surface area contributed by atoms with Gasteiger partial charge in [0.1, 0.15) is 17.1 Å². The smallest absolute Gasteiger partial charge is 0.230 e. The van der Waals surface area contributed by atoms with Gasteiger partial charge >= 0.3 is 0 Å². The van der Waals surface area contributed by atoms with Crippen molar-refractivity contribution >= 4 is 43.1 Å². The predicted molar refractivity (Wildman–Crippen MR) is 103 cm³/mol. The highest BCUT2D eigenvalue weighted by Gasteiger charge is 2.11. The summed E-state index contributed by atoms with van der Waals surface area (Å²) in [5.74, 6) is 1.84. The van der Waals surface area contributed by atoms with Crippen molar-refractivity contribution in [3.63, 3.8) is 0 Å². The summed E-state index contributed by atoms with van der Waals surface area (Å²) in [6.45, 7) is 0.497. The van der Waals surface area contributed by atoms with Crippen LogP contribution in [0.1, 0.15) is 4.88 Å². The number of anilines is 2. The monoisotopic (exact) mass is 394 g/mol.